The third kappa shape index (κ3) is 3.30. The Hall–Kier alpha value is -1.15. The van der Waals surface area contributed by atoms with E-state index in [0.717, 1.165) is 16.8 Å². The Morgan fingerprint density at radius 2 is 2.14 bits per heavy atom. The number of aryl methyl sites for hydroxylation is 1. The third-order valence-electron chi connectivity index (χ3n) is 1.92. The number of aliphatic hydroxyl groups is 1. The summed E-state index contributed by atoms with van der Waals surface area (Å²) < 4.78 is 0. The zero-order valence-electron chi connectivity index (χ0n) is 9.04. The monoisotopic (exact) mass is 191 g/mol. The lowest BCUT2D eigenvalue weighted by Gasteiger charge is -2.18. The summed E-state index contributed by atoms with van der Waals surface area (Å²) in [7, 11) is 0. The van der Waals surface area contributed by atoms with Crippen LogP contribution in [0.3, 0.4) is 0 Å². The zero-order valence-corrected chi connectivity index (χ0v) is 9.04. The third-order valence-corrected chi connectivity index (χ3v) is 1.92. The number of pyridine rings is 1. The molecule has 0 fully saturated rings. The largest absolute Gasteiger partial charge is 0.390 e. The van der Waals surface area contributed by atoms with E-state index in [1.54, 1.807) is 13.8 Å². The van der Waals surface area contributed by atoms with Crippen molar-refractivity contribution in [3.8, 4) is 0 Å². The molecule has 76 valence electrons. The minimum absolute atomic E-state index is 0.545. The molecule has 1 aromatic rings. The normalized spacial score (nSPS) is 11.4. The van der Waals surface area contributed by atoms with Gasteiger partial charge in [0, 0.05) is 12.6 Å². The first-order chi connectivity index (χ1) is 6.38. The van der Waals surface area contributed by atoms with Gasteiger partial charge in [-0.1, -0.05) is 12.6 Å². The second-order valence-corrected chi connectivity index (χ2v) is 4.31. The quantitative estimate of drug-likeness (QED) is 0.796. The van der Waals surface area contributed by atoms with Crippen LogP contribution in [-0.4, -0.2) is 15.7 Å². The van der Waals surface area contributed by atoms with E-state index in [-0.39, 0.29) is 0 Å². The molecule has 0 saturated heterocycles. The first-order valence-corrected chi connectivity index (χ1v) is 4.72. The highest BCUT2D eigenvalue weighted by molar-refractivity contribution is 5.60. The van der Waals surface area contributed by atoms with Gasteiger partial charge in [0.2, 0.25) is 0 Å². The van der Waals surface area contributed by atoms with Gasteiger partial charge in [-0.05, 0) is 38.0 Å². The second kappa shape index (κ2) is 3.93. The molecule has 0 aliphatic rings. The molecular weight excluding hydrogens is 174 g/mol. The smallest absolute Gasteiger partial charge is 0.0656 e. The highest BCUT2D eigenvalue weighted by Crippen LogP contribution is 2.21. The van der Waals surface area contributed by atoms with E-state index < -0.39 is 5.60 Å². The molecule has 0 radical (unpaired) electrons. The van der Waals surface area contributed by atoms with E-state index in [4.69, 9.17) is 0 Å². The van der Waals surface area contributed by atoms with Crippen molar-refractivity contribution in [1.29, 1.82) is 0 Å². The highest BCUT2D eigenvalue weighted by atomic mass is 16.3. The lowest BCUT2D eigenvalue weighted by Crippen LogP contribution is -2.18. The van der Waals surface area contributed by atoms with Gasteiger partial charge >= 0.3 is 0 Å². The molecule has 0 aliphatic carbocycles. The maximum atomic E-state index is 9.62. The summed E-state index contributed by atoms with van der Waals surface area (Å²) in [5.74, 6) is 0. The van der Waals surface area contributed by atoms with Crippen LogP contribution in [0.2, 0.25) is 0 Å². The molecule has 1 N–H and O–H groups in total. The molecule has 0 saturated carbocycles. The Balaban J connectivity index is 2.76. The maximum absolute atomic E-state index is 9.62. The predicted octanol–water partition coefficient (Wildman–Crippen LogP) is 2.56. The van der Waals surface area contributed by atoms with Gasteiger partial charge in [0.15, 0.2) is 0 Å². The predicted molar refractivity (Wildman–Crippen MR) is 58.9 cm³/mol. The van der Waals surface area contributed by atoms with Crippen LogP contribution >= 0.6 is 0 Å². The Bertz CT molecular complexity index is 319. The number of rotatable bonds is 3. The van der Waals surface area contributed by atoms with Crippen molar-refractivity contribution in [3.05, 3.63) is 36.2 Å². The van der Waals surface area contributed by atoms with Crippen LogP contribution in [0.15, 0.2) is 24.9 Å². The van der Waals surface area contributed by atoms with E-state index in [9.17, 15) is 5.11 Å². The molecule has 0 unspecified atom stereocenters. The summed E-state index contributed by atoms with van der Waals surface area (Å²) in [5, 5.41) is 9.62. The molecule has 1 aromatic heterocycles. The average Bonchev–Trinajstić information content (AvgIpc) is 2.02. The van der Waals surface area contributed by atoms with Crippen LogP contribution in [0, 0.1) is 6.92 Å². The molecule has 1 heterocycles. The lowest BCUT2D eigenvalue weighted by molar-refractivity contribution is 0.0863. The van der Waals surface area contributed by atoms with Crippen LogP contribution in [0.5, 0.6) is 0 Å². The average molecular weight is 191 g/mol. The van der Waals surface area contributed by atoms with Gasteiger partial charge in [-0.3, -0.25) is 4.98 Å². The number of nitrogens with zero attached hydrogens (tertiary/aromatic N) is 1. The van der Waals surface area contributed by atoms with Crippen LogP contribution in [0.25, 0.3) is 5.57 Å². The van der Waals surface area contributed by atoms with Crippen molar-refractivity contribution in [2.24, 2.45) is 0 Å². The first-order valence-electron chi connectivity index (χ1n) is 4.72. The minimum Gasteiger partial charge on any atom is -0.390 e. The first kappa shape index (κ1) is 10.9. The second-order valence-electron chi connectivity index (χ2n) is 4.31. The molecule has 0 aliphatic heterocycles. The summed E-state index contributed by atoms with van der Waals surface area (Å²) in [5.41, 5.74) is 2.14. The summed E-state index contributed by atoms with van der Waals surface area (Å²) in [6, 6.07) is 3.93. The lowest BCUT2D eigenvalue weighted by atomic mass is 9.97. The van der Waals surface area contributed by atoms with E-state index in [0.29, 0.717) is 6.42 Å². The topological polar surface area (TPSA) is 33.1 Å². The van der Waals surface area contributed by atoms with E-state index >= 15 is 0 Å². The summed E-state index contributed by atoms with van der Waals surface area (Å²) in [4.78, 5) is 4.25. The van der Waals surface area contributed by atoms with Crippen LogP contribution in [0.4, 0.5) is 0 Å². The molecule has 0 amide bonds. The Morgan fingerprint density at radius 1 is 1.50 bits per heavy atom. The fraction of sp³-hybridized carbons (Fsp3) is 0.417. The standard InChI is InChI=1S/C12H17NO/c1-9-5-6-11(13-8-9)10(2)7-12(3,4)14/h5-6,8,14H,2,7H2,1,3-4H3. The molecular formula is C12H17NO. The van der Waals surface area contributed by atoms with Gasteiger partial charge in [-0.15, -0.1) is 0 Å². The fourth-order valence-electron chi connectivity index (χ4n) is 1.29. The molecule has 0 bridgehead atoms. The van der Waals surface area contributed by atoms with Crippen molar-refractivity contribution >= 4 is 5.57 Å². The van der Waals surface area contributed by atoms with Crippen LogP contribution in [0.1, 0.15) is 31.5 Å². The van der Waals surface area contributed by atoms with Crippen molar-refractivity contribution < 1.29 is 5.11 Å². The van der Waals surface area contributed by atoms with E-state index in [1.807, 2.05) is 25.3 Å². The molecule has 0 aromatic carbocycles. The summed E-state index contributed by atoms with van der Waals surface area (Å²) >= 11 is 0. The molecule has 0 spiro atoms. The number of hydrogen-bond acceptors (Lipinski definition) is 2. The Kier molecular flexibility index (Phi) is 3.06. The van der Waals surface area contributed by atoms with Gasteiger partial charge in [0.05, 0.1) is 11.3 Å². The van der Waals surface area contributed by atoms with Gasteiger partial charge in [-0.2, -0.15) is 0 Å². The maximum Gasteiger partial charge on any atom is 0.0656 e. The molecule has 0 atom stereocenters. The molecule has 2 nitrogen and oxygen atoms in total. The van der Waals surface area contributed by atoms with Gasteiger partial charge in [-0.25, -0.2) is 0 Å². The van der Waals surface area contributed by atoms with E-state index in [1.165, 1.54) is 0 Å². The fourth-order valence-corrected chi connectivity index (χ4v) is 1.29. The van der Waals surface area contributed by atoms with Crippen molar-refractivity contribution in [2.75, 3.05) is 0 Å². The van der Waals surface area contributed by atoms with Crippen molar-refractivity contribution in [3.63, 3.8) is 0 Å². The van der Waals surface area contributed by atoms with Crippen molar-refractivity contribution in [1.82, 2.24) is 4.98 Å². The highest BCUT2D eigenvalue weighted by Gasteiger charge is 2.15. The van der Waals surface area contributed by atoms with Crippen LogP contribution < -0.4 is 0 Å². The van der Waals surface area contributed by atoms with Gasteiger partial charge in [0.25, 0.3) is 0 Å². The van der Waals surface area contributed by atoms with Gasteiger partial charge < -0.3 is 5.11 Å². The SMILES string of the molecule is C=C(CC(C)(C)O)c1ccc(C)cn1. The van der Waals surface area contributed by atoms with Crippen molar-refractivity contribution in [2.45, 2.75) is 32.8 Å². The molecule has 14 heavy (non-hydrogen) atoms. The Labute approximate surface area is 85.3 Å². The van der Waals surface area contributed by atoms with E-state index in [2.05, 4.69) is 11.6 Å². The van der Waals surface area contributed by atoms with Gasteiger partial charge in [0.1, 0.15) is 0 Å². The molecule has 1 rings (SSSR count). The number of aromatic nitrogens is 1. The Morgan fingerprint density at radius 3 is 2.57 bits per heavy atom. The van der Waals surface area contributed by atoms with Crippen LogP contribution in [-0.2, 0) is 0 Å². The minimum atomic E-state index is -0.719. The summed E-state index contributed by atoms with van der Waals surface area (Å²) in [6.45, 7) is 9.45. The summed E-state index contributed by atoms with van der Waals surface area (Å²) in [6.07, 6.45) is 2.36. The molecule has 2 heteroatoms. The number of hydrogen-bond donors (Lipinski definition) is 1. The zero-order chi connectivity index (χ0) is 10.8.